The van der Waals surface area contributed by atoms with Gasteiger partial charge < -0.3 is 10.1 Å². The van der Waals surface area contributed by atoms with Gasteiger partial charge in [0.25, 0.3) is 0 Å². The summed E-state index contributed by atoms with van der Waals surface area (Å²) in [5, 5.41) is 3.44. The second-order valence-electron chi connectivity index (χ2n) is 7.21. The molecule has 1 aliphatic heterocycles. The highest BCUT2D eigenvalue weighted by molar-refractivity contribution is 5.81. The van der Waals surface area contributed by atoms with Crippen LogP contribution in [-0.4, -0.2) is 49.7 Å². The number of nitrogens with zero attached hydrogens (tertiary/aromatic N) is 1. The van der Waals surface area contributed by atoms with Crippen molar-refractivity contribution < 1.29 is 9.53 Å². The summed E-state index contributed by atoms with van der Waals surface area (Å²) in [4.78, 5) is 15.1. The lowest BCUT2D eigenvalue weighted by Gasteiger charge is -2.46. The van der Waals surface area contributed by atoms with E-state index in [1.54, 1.807) is 7.11 Å². The van der Waals surface area contributed by atoms with E-state index in [9.17, 15) is 4.79 Å². The van der Waals surface area contributed by atoms with Gasteiger partial charge in [-0.15, -0.1) is 0 Å². The molecule has 1 saturated heterocycles. The van der Waals surface area contributed by atoms with Gasteiger partial charge in [0.15, 0.2) is 0 Å². The SMILES string of the molecule is COC(=O)C1(N2CCCNCC2)CCCC(CC(C)C)C1. The second-order valence-corrected chi connectivity index (χ2v) is 7.21. The molecule has 2 unspecified atom stereocenters. The van der Waals surface area contributed by atoms with Crippen LogP contribution in [0.4, 0.5) is 0 Å². The number of nitrogens with one attached hydrogen (secondary N) is 1. The number of hydrogen-bond acceptors (Lipinski definition) is 4. The maximum atomic E-state index is 12.6. The van der Waals surface area contributed by atoms with Crippen LogP contribution in [0.15, 0.2) is 0 Å². The van der Waals surface area contributed by atoms with Crippen molar-refractivity contribution in [1.82, 2.24) is 10.2 Å². The summed E-state index contributed by atoms with van der Waals surface area (Å²) in [6.45, 7) is 8.57. The van der Waals surface area contributed by atoms with Crippen molar-refractivity contribution in [3.05, 3.63) is 0 Å². The summed E-state index contributed by atoms with van der Waals surface area (Å²) in [6.07, 6.45) is 6.71. The average Bonchev–Trinajstić information content (AvgIpc) is 2.75. The van der Waals surface area contributed by atoms with E-state index in [2.05, 4.69) is 24.1 Å². The number of methoxy groups -OCH3 is 1. The van der Waals surface area contributed by atoms with Gasteiger partial charge in [-0.1, -0.05) is 26.7 Å². The van der Waals surface area contributed by atoms with Crippen LogP contribution >= 0.6 is 0 Å². The van der Waals surface area contributed by atoms with Crippen LogP contribution in [0, 0.1) is 11.8 Å². The van der Waals surface area contributed by atoms with Crippen LogP contribution in [0.3, 0.4) is 0 Å². The van der Waals surface area contributed by atoms with Gasteiger partial charge in [0.05, 0.1) is 7.11 Å². The molecule has 122 valence electrons. The van der Waals surface area contributed by atoms with Crippen LogP contribution in [0.1, 0.15) is 52.4 Å². The molecule has 4 nitrogen and oxygen atoms in total. The van der Waals surface area contributed by atoms with Gasteiger partial charge in [-0.3, -0.25) is 9.69 Å². The standard InChI is InChI=1S/C17H32N2O2/c1-14(2)12-15-6-4-7-17(13-15,16(20)21-3)19-10-5-8-18-9-11-19/h14-15,18H,4-13H2,1-3H3. The highest BCUT2D eigenvalue weighted by Crippen LogP contribution is 2.40. The normalized spacial score (nSPS) is 31.9. The number of carbonyl (C=O) groups excluding carboxylic acids is 1. The quantitative estimate of drug-likeness (QED) is 0.809. The summed E-state index contributed by atoms with van der Waals surface area (Å²) < 4.78 is 5.24. The first kappa shape index (κ1) is 16.8. The Bertz CT molecular complexity index is 338. The third-order valence-corrected chi connectivity index (χ3v) is 5.14. The summed E-state index contributed by atoms with van der Waals surface area (Å²) >= 11 is 0. The molecular formula is C17H32N2O2. The highest BCUT2D eigenvalue weighted by atomic mass is 16.5. The van der Waals surface area contributed by atoms with E-state index in [0.29, 0.717) is 11.8 Å². The summed E-state index contributed by atoms with van der Waals surface area (Å²) in [6, 6.07) is 0. The Morgan fingerprint density at radius 2 is 2.14 bits per heavy atom. The molecule has 2 rings (SSSR count). The van der Waals surface area contributed by atoms with E-state index in [1.807, 2.05) is 0 Å². The minimum Gasteiger partial charge on any atom is -0.468 e. The van der Waals surface area contributed by atoms with Gasteiger partial charge in [-0.25, -0.2) is 0 Å². The lowest BCUT2D eigenvalue weighted by molar-refractivity contribution is -0.159. The zero-order valence-electron chi connectivity index (χ0n) is 14.0. The van der Waals surface area contributed by atoms with Crippen molar-refractivity contribution in [2.45, 2.75) is 57.9 Å². The molecule has 2 fully saturated rings. The molecule has 21 heavy (non-hydrogen) atoms. The number of hydrogen-bond donors (Lipinski definition) is 1. The van der Waals surface area contributed by atoms with Crippen molar-refractivity contribution in [3.8, 4) is 0 Å². The van der Waals surface area contributed by atoms with Crippen molar-refractivity contribution in [2.75, 3.05) is 33.3 Å². The van der Waals surface area contributed by atoms with Crippen molar-refractivity contribution in [2.24, 2.45) is 11.8 Å². The Kier molecular flexibility index (Phi) is 6.06. The van der Waals surface area contributed by atoms with Crippen molar-refractivity contribution in [1.29, 1.82) is 0 Å². The Morgan fingerprint density at radius 1 is 1.33 bits per heavy atom. The molecule has 1 heterocycles. The van der Waals surface area contributed by atoms with Crippen molar-refractivity contribution >= 4 is 5.97 Å². The highest BCUT2D eigenvalue weighted by Gasteiger charge is 2.48. The second kappa shape index (κ2) is 7.59. The Hall–Kier alpha value is -0.610. The minimum absolute atomic E-state index is 0.00199. The van der Waals surface area contributed by atoms with E-state index >= 15 is 0 Å². The predicted octanol–water partition coefficient (Wildman–Crippen LogP) is 2.43. The fourth-order valence-electron chi connectivity index (χ4n) is 4.30. The summed E-state index contributed by atoms with van der Waals surface area (Å²) in [5.74, 6) is 1.36. The van der Waals surface area contributed by atoms with Crippen LogP contribution < -0.4 is 5.32 Å². The maximum absolute atomic E-state index is 12.6. The molecule has 1 N–H and O–H groups in total. The average molecular weight is 296 g/mol. The van der Waals surface area contributed by atoms with Gasteiger partial charge in [-0.05, 0) is 44.1 Å². The minimum atomic E-state index is -0.363. The smallest absolute Gasteiger partial charge is 0.326 e. The molecule has 1 saturated carbocycles. The van der Waals surface area contributed by atoms with Gasteiger partial charge in [0, 0.05) is 19.6 Å². The van der Waals surface area contributed by atoms with Crippen molar-refractivity contribution in [3.63, 3.8) is 0 Å². The summed E-state index contributed by atoms with van der Waals surface area (Å²) in [7, 11) is 1.55. The molecule has 0 aromatic rings. The maximum Gasteiger partial charge on any atom is 0.326 e. The van der Waals surface area contributed by atoms with Gasteiger partial charge >= 0.3 is 5.97 Å². The lowest BCUT2D eigenvalue weighted by atomic mass is 9.72. The Balaban J connectivity index is 2.17. The molecule has 0 amide bonds. The molecule has 1 aliphatic carbocycles. The molecule has 0 radical (unpaired) electrons. The van der Waals surface area contributed by atoms with Gasteiger partial charge in [0.2, 0.25) is 0 Å². The molecule has 0 bridgehead atoms. The molecule has 2 atom stereocenters. The molecule has 2 aliphatic rings. The number of rotatable bonds is 4. The number of carbonyl (C=O) groups is 1. The van der Waals surface area contributed by atoms with Gasteiger partial charge in [0.1, 0.15) is 5.54 Å². The molecular weight excluding hydrogens is 264 g/mol. The predicted molar refractivity (Wildman–Crippen MR) is 85.2 cm³/mol. The third-order valence-electron chi connectivity index (χ3n) is 5.14. The molecule has 0 aromatic carbocycles. The molecule has 0 spiro atoms. The first-order valence-corrected chi connectivity index (χ1v) is 8.62. The summed E-state index contributed by atoms with van der Waals surface area (Å²) in [5.41, 5.74) is -0.363. The third kappa shape index (κ3) is 3.98. The first-order chi connectivity index (χ1) is 10.1. The fraction of sp³-hybridized carbons (Fsp3) is 0.941. The zero-order valence-corrected chi connectivity index (χ0v) is 14.0. The van der Waals surface area contributed by atoms with E-state index < -0.39 is 0 Å². The number of ether oxygens (including phenoxy) is 1. The zero-order chi connectivity index (χ0) is 15.3. The monoisotopic (exact) mass is 296 g/mol. The van der Waals surface area contributed by atoms with E-state index in [4.69, 9.17) is 4.74 Å². The molecule has 0 aromatic heterocycles. The van der Waals surface area contributed by atoms with Crippen LogP contribution in [-0.2, 0) is 9.53 Å². The Morgan fingerprint density at radius 3 is 2.86 bits per heavy atom. The largest absolute Gasteiger partial charge is 0.468 e. The Labute approximate surface area is 129 Å². The van der Waals surface area contributed by atoms with Gasteiger partial charge in [-0.2, -0.15) is 0 Å². The first-order valence-electron chi connectivity index (χ1n) is 8.62. The van der Waals surface area contributed by atoms with Crippen LogP contribution in [0.25, 0.3) is 0 Å². The number of esters is 1. The van der Waals surface area contributed by atoms with E-state index in [0.717, 1.165) is 51.9 Å². The van der Waals surface area contributed by atoms with Crippen LogP contribution in [0.5, 0.6) is 0 Å². The fourth-order valence-corrected chi connectivity index (χ4v) is 4.30. The topological polar surface area (TPSA) is 41.6 Å². The molecule has 4 heteroatoms. The lowest BCUT2D eigenvalue weighted by Crippen LogP contribution is -2.58. The van der Waals surface area contributed by atoms with Crippen LogP contribution in [0.2, 0.25) is 0 Å². The van der Waals surface area contributed by atoms with E-state index in [1.165, 1.54) is 12.8 Å². The van der Waals surface area contributed by atoms with E-state index in [-0.39, 0.29) is 11.5 Å².